The van der Waals surface area contributed by atoms with Gasteiger partial charge in [0.1, 0.15) is 0 Å². The van der Waals surface area contributed by atoms with E-state index in [2.05, 4.69) is 0 Å². The average Bonchev–Trinajstić information content (AvgIpc) is 2.03. The molecular formula is C7H9FNO3S+. The fourth-order valence-corrected chi connectivity index (χ4v) is 1.49. The number of pyridine rings is 1. The zero-order valence-electron chi connectivity index (χ0n) is 6.94. The SMILES string of the molecule is CCc1cc[n+](F)c(S(=O)(=O)O)c1. The van der Waals surface area contributed by atoms with E-state index in [0.717, 1.165) is 12.3 Å². The molecule has 0 radical (unpaired) electrons. The molecule has 0 aliphatic heterocycles. The minimum absolute atomic E-state index is 0.130. The minimum atomic E-state index is -4.48. The molecule has 0 saturated carbocycles. The molecule has 0 bridgehead atoms. The lowest BCUT2D eigenvalue weighted by molar-refractivity contribution is -0.874. The van der Waals surface area contributed by atoms with Gasteiger partial charge in [-0.3, -0.25) is 4.55 Å². The molecule has 13 heavy (non-hydrogen) atoms. The molecule has 0 unspecified atom stereocenters. The van der Waals surface area contributed by atoms with E-state index in [9.17, 15) is 12.9 Å². The molecular weight excluding hydrogens is 197 g/mol. The first-order chi connectivity index (χ1) is 5.95. The summed E-state index contributed by atoms with van der Waals surface area (Å²) in [4.78, 5) is -0.130. The zero-order chi connectivity index (χ0) is 10.1. The standard InChI is InChI=1S/C7H8FNO3S/c1-2-6-3-4-9(8)7(5-6)13(10,11)12/h3-5H,2H2,1H3/p+1. The van der Waals surface area contributed by atoms with E-state index in [1.807, 2.05) is 0 Å². The van der Waals surface area contributed by atoms with Crippen molar-refractivity contribution in [2.45, 2.75) is 18.4 Å². The molecule has 1 aromatic heterocycles. The van der Waals surface area contributed by atoms with Gasteiger partial charge in [0.25, 0.3) is 0 Å². The molecule has 0 spiro atoms. The second kappa shape index (κ2) is 3.39. The molecule has 0 fully saturated rings. The Labute approximate surface area is 75.3 Å². The van der Waals surface area contributed by atoms with Gasteiger partial charge in [-0.25, -0.2) is 0 Å². The Bertz CT molecular complexity index is 416. The van der Waals surface area contributed by atoms with Crippen LogP contribution in [0.5, 0.6) is 0 Å². The predicted octanol–water partition coefficient (Wildman–Crippen LogP) is 0.516. The second-order valence-corrected chi connectivity index (χ2v) is 3.88. The Morgan fingerprint density at radius 2 is 2.23 bits per heavy atom. The highest BCUT2D eigenvalue weighted by atomic mass is 32.2. The van der Waals surface area contributed by atoms with Gasteiger partial charge >= 0.3 is 15.1 Å². The summed E-state index contributed by atoms with van der Waals surface area (Å²) in [6, 6.07) is 2.53. The lowest BCUT2D eigenvalue weighted by atomic mass is 10.2. The summed E-state index contributed by atoms with van der Waals surface area (Å²) < 4.78 is 42.6. The summed E-state index contributed by atoms with van der Waals surface area (Å²) in [5.74, 6) is 0. The van der Waals surface area contributed by atoms with Crippen LogP contribution >= 0.6 is 0 Å². The van der Waals surface area contributed by atoms with Gasteiger partial charge in [0.15, 0.2) is 0 Å². The van der Waals surface area contributed by atoms with Crippen molar-refractivity contribution in [3.63, 3.8) is 0 Å². The Morgan fingerprint density at radius 1 is 1.62 bits per heavy atom. The Balaban J connectivity index is 3.36. The molecule has 1 rings (SSSR count). The van der Waals surface area contributed by atoms with Gasteiger partial charge in [-0.05, 0) is 12.0 Å². The van der Waals surface area contributed by atoms with Gasteiger partial charge in [-0.2, -0.15) is 8.42 Å². The summed E-state index contributed by atoms with van der Waals surface area (Å²) in [6.07, 6.45) is 1.52. The normalized spacial score (nSPS) is 11.6. The summed E-state index contributed by atoms with van der Waals surface area (Å²) >= 11 is 0. The third kappa shape index (κ3) is 2.22. The first-order valence-corrected chi connectivity index (χ1v) is 5.07. The molecule has 72 valence electrons. The van der Waals surface area contributed by atoms with Crippen molar-refractivity contribution in [2.75, 3.05) is 0 Å². The molecule has 0 aliphatic rings. The van der Waals surface area contributed by atoms with Gasteiger partial charge in [-0.1, -0.05) is 6.92 Å². The monoisotopic (exact) mass is 206 g/mol. The molecule has 1 N–H and O–H groups in total. The number of hydrogen-bond acceptors (Lipinski definition) is 2. The fraction of sp³-hybridized carbons (Fsp3) is 0.286. The molecule has 0 aromatic carbocycles. The molecule has 1 aromatic rings. The third-order valence-electron chi connectivity index (χ3n) is 1.61. The Morgan fingerprint density at radius 3 is 2.69 bits per heavy atom. The van der Waals surface area contributed by atoms with Crippen molar-refractivity contribution >= 4 is 10.1 Å². The molecule has 0 amide bonds. The highest BCUT2D eigenvalue weighted by Gasteiger charge is 2.25. The van der Waals surface area contributed by atoms with Crippen LogP contribution < -0.4 is 4.79 Å². The highest BCUT2D eigenvalue weighted by molar-refractivity contribution is 7.85. The van der Waals surface area contributed by atoms with Crippen molar-refractivity contribution in [1.82, 2.24) is 0 Å². The largest absolute Gasteiger partial charge is 0.370 e. The van der Waals surface area contributed by atoms with Crippen LogP contribution in [0.2, 0.25) is 0 Å². The van der Waals surface area contributed by atoms with Gasteiger partial charge < -0.3 is 0 Å². The second-order valence-electron chi connectivity index (χ2n) is 2.51. The molecule has 4 nitrogen and oxygen atoms in total. The minimum Gasteiger partial charge on any atom is -0.277 e. The highest BCUT2D eigenvalue weighted by Crippen LogP contribution is 2.06. The van der Waals surface area contributed by atoms with Crippen LogP contribution in [-0.2, 0) is 16.5 Å². The number of aromatic nitrogens is 1. The van der Waals surface area contributed by atoms with E-state index in [1.54, 1.807) is 6.92 Å². The van der Waals surface area contributed by atoms with Crippen LogP contribution in [-0.4, -0.2) is 13.0 Å². The van der Waals surface area contributed by atoms with Gasteiger partial charge in [0.05, 0.1) is 4.48 Å². The number of aryl methyl sites for hydroxylation is 1. The first kappa shape index (κ1) is 10.1. The van der Waals surface area contributed by atoms with Crippen LogP contribution in [0, 0.1) is 0 Å². The molecule has 1 heterocycles. The molecule has 0 saturated heterocycles. The summed E-state index contributed by atoms with van der Waals surface area (Å²) in [5.41, 5.74) is 0.640. The predicted molar refractivity (Wildman–Crippen MR) is 42.3 cm³/mol. The molecule has 6 heteroatoms. The van der Waals surface area contributed by atoms with Gasteiger partial charge in [0.2, 0.25) is 6.20 Å². The van der Waals surface area contributed by atoms with E-state index < -0.39 is 15.1 Å². The van der Waals surface area contributed by atoms with E-state index >= 15 is 0 Å². The molecule has 0 atom stereocenters. The van der Waals surface area contributed by atoms with Gasteiger partial charge in [-0.15, -0.1) is 0 Å². The van der Waals surface area contributed by atoms with E-state index in [4.69, 9.17) is 4.55 Å². The van der Waals surface area contributed by atoms with Crippen LogP contribution in [0.15, 0.2) is 23.4 Å². The maximum atomic E-state index is 12.8. The van der Waals surface area contributed by atoms with E-state index in [-0.39, 0.29) is 4.79 Å². The average molecular weight is 206 g/mol. The summed E-state index contributed by atoms with van der Waals surface area (Å²) in [7, 11) is -4.48. The summed E-state index contributed by atoms with van der Waals surface area (Å²) in [5, 5.41) is -0.744. The zero-order valence-corrected chi connectivity index (χ0v) is 7.75. The fourth-order valence-electron chi connectivity index (χ4n) is 0.908. The first-order valence-electron chi connectivity index (χ1n) is 3.63. The quantitative estimate of drug-likeness (QED) is 0.717. The smallest absolute Gasteiger partial charge is 0.277 e. The molecule has 0 aliphatic carbocycles. The van der Waals surface area contributed by atoms with Crippen LogP contribution in [0.3, 0.4) is 0 Å². The van der Waals surface area contributed by atoms with Crippen LogP contribution in [0.1, 0.15) is 12.5 Å². The van der Waals surface area contributed by atoms with Crippen molar-refractivity contribution < 1.29 is 22.2 Å². The maximum Gasteiger partial charge on any atom is 0.370 e. The van der Waals surface area contributed by atoms with Crippen molar-refractivity contribution in [2.24, 2.45) is 0 Å². The van der Waals surface area contributed by atoms with Crippen molar-refractivity contribution in [3.05, 3.63) is 23.9 Å². The summed E-state index contributed by atoms with van der Waals surface area (Å²) in [6.45, 7) is 1.80. The number of halogens is 1. The lowest BCUT2D eigenvalue weighted by Crippen LogP contribution is -2.30. The van der Waals surface area contributed by atoms with Crippen LogP contribution in [0.25, 0.3) is 0 Å². The Hall–Kier alpha value is -1.01. The Kier molecular flexibility index (Phi) is 2.63. The van der Waals surface area contributed by atoms with Crippen LogP contribution in [0.4, 0.5) is 4.48 Å². The number of nitrogens with zero attached hydrogens (tertiary/aromatic N) is 1. The van der Waals surface area contributed by atoms with Gasteiger partial charge in [0, 0.05) is 16.9 Å². The number of hydrogen-bond donors (Lipinski definition) is 1. The number of rotatable bonds is 2. The van der Waals surface area contributed by atoms with Crippen molar-refractivity contribution in [3.8, 4) is 0 Å². The topological polar surface area (TPSA) is 58.2 Å². The van der Waals surface area contributed by atoms with Crippen molar-refractivity contribution in [1.29, 1.82) is 0 Å². The third-order valence-corrected chi connectivity index (χ3v) is 2.43. The van der Waals surface area contributed by atoms with E-state index in [0.29, 0.717) is 12.0 Å². The van der Waals surface area contributed by atoms with E-state index in [1.165, 1.54) is 6.07 Å². The maximum absolute atomic E-state index is 12.8. The lowest BCUT2D eigenvalue weighted by Gasteiger charge is -1.94.